The summed E-state index contributed by atoms with van der Waals surface area (Å²) in [6.45, 7) is 2.24. The number of amides is 4. The van der Waals surface area contributed by atoms with Crippen LogP contribution in [0, 0.1) is 6.92 Å². The number of hydrogen-bond acceptors (Lipinski definition) is 11. The number of anilines is 1. The average molecular weight is 777 g/mol. The summed E-state index contributed by atoms with van der Waals surface area (Å²) in [5.41, 5.74) is 8.29. The van der Waals surface area contributed by atoms with Gasteiger partial charge >= 0.3 is 0 Å². The van der Waals surface area contributed by atoms with Crippen molar-refractivity contribution in [2.75, 3.05) is 39.2 Å². The number of carbonyl (C=O) groups is 5. The normalized spacial score (nSPS) is 13.6. The molecule has 0 aliphatic carbocycles. The molecular formula is C38H44N6O10S. The quantitative estimate of drug-likeness (QED) is 0.0919. The van der Waals surface area contributed by atoms with Gasteiger partial charge in [0.15, 0.2) is 11.5 Å². The minimum absolute atomic E-state index is 0.0666. The highest BCUT2D eigenvalue weighted by molar-refractivity contribution is 7.85. The Balaban J connectivity index is 0.000000525. The largest absolute Gasteiger partial charge is 0.493 e. The molecule has 0 radical (unpaired) electrons. The Labute approximate surface area is 318 Å². The minimum Gasteiger partial charge on any atom is -0.493 e. The number of aryl methyl sites for hydroxylation is 1. The predicted molar refractivity (Wildman–Crippen MR) is 203 cm³/mol. The molecule has 55 heavy (non-hydrogen) atoms. The van der Waals surface area contributed by atoms with Crippen molar-refractivity contribution in [2.24, 2.45) is 5.73 Å². The first kappa shape index (κ1) is 41.8. The Kier molecular flexibility index (Phi) is 14.8. The zero-order valence-electron chi connectivity index (χ0n) is 30.7. The lowest BCUT2D eigenvalue weighted by Crippen LogP contribution is -2.49. The fourth-order valence-corrected chi connectivity index (χ4v) is 6.24. The number of rotatable bonds is 14. The van der Waals surface area contributed by atoms with Crippen molar-refractivity contribution in [3.63, 3.8) is 0 Å². The van der Waals surface area contributed by atoms with Gasteiger partial charge in [-0.15, -0.1) is 0 Å². The number of nitrogens with zero attached hydrogens (tertiary/aromatic N) is 2. The van der Waals surface area contributed by atoms with Crippen molar-refractivity contribution in [3.8, 4) is 11.5 Å². The van der Waals surface area contributed by atoms with E-state index in [9.17, 15) is 32.4 Å². The molecule has 6 N–H and O–H groups in total. The fourth-order valence-electron chi connectivity index (χ4n) is 5.76. The number of para-hydroxylation sites is 1. The van der Waals surface area contributed by atoms with Gasteiger partial charge in [0, 0.05) is 31.1 Å². The number of carbonyl (C=O) groups excluding carboxylic acids is 5. The molecule has 17 heteroatoms. The number of hydrogen-bond donors (Lipinski definition) is 5. The summed E-state index contributed by atoms with van der Waals surface area (Å²) in [7, 11) is -1.00. The molecule has 1 fully saturated rings. The van der Waals surface area contributed by atoms with Gasteiger partial charge in [-0.2, -0.15) is 8.42 Å². The zero-order chi connectivity index (χ0) is 40.1. The van der Waals surface area contributed by atoms with Crippen LogP contribution in [0.5, 0.6) is 11.5 Å². The van der Waals surface area contributed by atoms with Crippen LogP contribution < -0.4 is 31.2 Å². The molecule has 3 aromatic carbocycles. The smallest absolute Gasteiger partial charge is 0.294 e. The van der Waals surface area contributed by atoms with Gasteiger partial charge in [0.05, 0.1) is 42.4 Å². The number of nitrogens with one attached hydrogen (secondary N) is 3. The number of methoxy groups -OCH3 is 2. The first-order valence-corrected chi connectivity index (χ1v) is 18.7. The van der Waals surface area contributed by atoms with Crippen LogP contribution in [0.4, 0.5) is 5.69 Å². The molecule has 1 atom stereocenters. The molecule has 1 aromatic heterocycles. The monoisotopic (exact) mass is 776 g/mol. The number of fused-ring (bicyclic) bond motifs is 1. The first-order valence-electron chi connectivity index (χ1n) is 17.3. The van der Waals surface area contributed by atoms with Crippen LogP contribution in [0.3, 0.4) is 0 Å². The van der Waals surface area contributed by atoms with Crippen LogP contribution in [0.2, 0.25) is 0 Å². The van der Waals surface area contributed by atoms with E-state index >= 15 is 0 Å². The first-order chi connectivity index (χ1) is 26.3. The molecule has 1 aliphatic heterocycles. The van der Waals surface area contributed by atoms with Crippen LogP contribution in [-0.4, -0.2) is 92.2 Å². The number of ether oxygens (including phenoxy) is 2. The lowest BCUT2D eigenvalue weighted by atomic mass is 10.1. The standard InChI is InChI=1S/C31H36N6O7.C7H8O3S/c1-43-24-11-10-19(16-25(24)44-2)17-34-31(42)29(40)23-8-5-15-37(23)27(39)18-35-30(41)21-12-14-33-28-20(21)6-3-7-22(28)36-26(38)9-4-13-32;1-6-2-4-7(5-3-6)11(8,9)10/h3,6-7,10-12,14,16,23H,4-5,8-9,13,15,17-18,32H2,1-2H3,(H,34,42)(H,35,41)(H,36,38);2-5H,1H3,(H,8,9,10)/t23-;/m0./s1. The van der Waals surface area contributed by atoms with E-state index in [1.54, 1.807) is 48.5 Å². The third kappa shape index (κ3) is 11.3. The Morgan fingerprint density at radius 2 is 1.69 bits per heavy atom. The summed E-state index contributed by atoms with van der Waals surface area (Å²) < 4.78 is 40.0. The van der Waals surface area contributed by atoms with E-state index in [1.165, 1.54) is 43.5 Å². The molecule has 0 saturated carbocycles. The van der Waals surface area contributed by atoms with Gasteiger partial charge < -0.3 is 36.1 Å². The summed E-state index contributed by atoms with van der Waals surface area (Å²) in [4.78, 5) is 69.7. The Morgan fingerprint density at radius 3 is 2.36 bits per heavy atom. The maximum Gasteiger partial charge on any atom is 0.294 e. The molecule has 4 aromatic rings. The number of aromatic nitrogens is 1. The third-order valence-electron chi connectivity index (χ3n) is 8.62. The van der Waals surface area contributed by atoms with Crippen molar-refractivity contribution in [2.45, 2.75) is 50.1 Å². The summed E-state index contributed by atoms with van der Waals surface area (Å²) in [6, 6.07) is 16.8. The van der Waals surface area contributed by atoms with E-state index in [2.05, 4.69) is 20.9 Å². The lowest BCUT2D eigenvalue weighted by Gasteiger charge is -2.23. The minimum atomic E-state index is -4.02. The predicted octanol–water partition coefficient (Wildman–Crippen LogP) is 2.78. The van der Waals surface area contributed by atoms with Crippen molar-refractivity contribution < 1.29 is 46.4 Å². The number of likely N-dealkylation sites (tertiary alicyclic amines) is 1. The highest BCUT2D eigenvalue weighted by Crippen LogP contribution is 2.28. The molecule has 16 nitrogen and oxygen atoms in total. The van der Waals surface area contributed by atoms with Crippen LogP contribution in [0.1, 0.15) is 47.2 Å². The second-order valence-corrected chi connectivity index (χ2v) is 13.9. The Bertz CT molecular complexity index is 2140. The van der Waals surface area contributed by atoms with Gasteiger partial charge in [-0.05, 0) is 74.7 Å². The number of Topliss-reactive ketones (excluding diaryl/α,β-unsaturated/α-hetero) is 1. The van der Waals surface area contributed by atoms with Gasteiger partial charge in [-0.25, -0.2) is 0 Å². The molecule has 2 heterocycles. The van der Waals surface area contributed by atoms with Gasteiger partial charge in [0.2, 0.25) is 17.6 Å². The summed E-state index contributed by atoms with van der Waals surface area (Å²) in [6.07, 6.45) is 3.14. The van der Waals surface area contributed by atoms with E-state index in [0.29, 0.717) is 66.0 Å². The van der Waals surface area contributed by atoms with Crippen molar-refractivity contribution in [1.29, 1.82) is 0 Å². The van der Waals surface area contributed by atoms with Gasteiger partial charge in [-0.3, -0.25) is 33.5 Å². The van der Waals surface area contributed by atoms with Gasteiger partial charge in [-0.1, -0.05) is 35.9 Å². The number of nitrogens with two attached hydrogens (primary N) is 1. The summed E-state index contributed by atoms with van der Waals surface area (Å²) in [5, 5.41) is 8.52. The number of pyridine rings is 1. The van der Waals surface area contributed by atoms with Crippen LogP contribution in [0.15, 0.2) is 77.8 Å². The summed E-state index contributed by atoms with van der Waals surface area (Å²) in [5.74, 6) is -1.71. The molecule has 4 amide bonds. The molecule has 5 rings (SSSR count). The fraction of sp³-hybridized carbons (Fsp3) is 0.316. The second-order valence-electron chi connectivity index (χ2n) is 12.5. The molecule has 0 bridgehead atoms. The number of benzene rings is 3. The van der Waals surface area contributed by atoms with Crippen molar-refractivity contribution in [3.05, 3.63) is 89.6 Å². The van der Waals surface area contributed by atoms with E-state index in [0.717, 1.165) is 5.56 Å². The van der Waals surface area contributed by atoms with Crippen molar-refractivity contribution >= 4 is 56.1 Å². The lowest BCUT2D eigenvalue weighted by molar-refractivity contribution is -0.144. The van der Waals surface area contributed by atoms with Gasteiger partial charge in [0.25, 0.3) is 21.9 Å². The molecular weight excluding hydrogens is 733 g/mol. The zero-order valence-corrected chi connectivity index (χ0v) is 31.5. The van der Waals surface area contributed by atoms with Crippen LogP contribution >= 0.6 is 0 Å². The Hall–Kier alpha value is -5.91. The highest BCUT2D eigenvalue weighted by atomic mass is 32.2. The number of ketones is 1. The third-order valence-corrected chi connectivity index (χ3v) is 9.49. The van der Waals surface area contributed by atoms with E-state index in [-0.39, 0.29) is 35.9 Å². The van der Waals surface area contributed by atoms with Crippen LogP contribution in [0.25, 0.3) is 10.9 Å². The molecule has 1 saturated heterocycles. The maximum atomic E-state index is 13.1. The molecule has 1 aliphatic rings. The average Bonchev–Trinajstić information content (AvgIpc) is 3.68. The Morgan fingerprint density at radius 1 is 0.964 bits per heavy atom. The highest BCUT2D eigenvalue weighted by Gasteiger charge is 2.37. The molecule has 0 unspecified atom stereocenters. The second kappa shape index (κ2) is 19.4. The van der Waals surface area contributed by atoms with Crippen LogP contribution in [-0.2, 0) is 35.8 Å². The maximum absolute atomic E-state index is 13.1. The molecule has 292 valence electrons. The SMILES string of the molecule is COc1ccc(CNC(=O)C(=O)[C@@H]2CCCN2C(=O)CNC(=O)c2ccnc3c(NC(=O)CCCN)cccc23)cc1OC.Cc1ccc(S(=O)(=O)O)cc1. The van der Waals surface area contributed by atoms with Crippen molar-refractivity contribution in [1.82, 2.24) is 20.5 Å². The summed E-state index contributed by atoms with van der Waals surface area (Å²) >= 11 is 0. The topological polar surface area (TPSA) is 236 Å². The van der Waals surface area contributed by atoms with E-state index in [1.807, 2.05) is 6.92 Å². The van der Waals surface area contributed by atoms with E-state index < -0.39 is 39.7 Å². The van der Waals surface area contributed by atoms with Gasteiger partial charge in [0.1, 0.15) is 6.04 Å². The molecule has 0 spiro atoms. The van der Waals surface area contributed by atoms with E-state index in [4.69, 9.17) is 19.8 Å².